The molecule has 0 aliphatic rings. The maximum atomic E-state index is 12.6. The molecular formula is C23H32N2O2. The Hall–Kier alpha value is -2.36. The van der Waals surface area contributed by atoms with Crippen LogP contribution >= 0.6 is 0 Å². The lowest BCUT2D eigenvalue weighted by molar-refractivity contribution is 0.0230. The number of hydrogen-bond acceptors (Lipinski definition) is 3. The molecule has 1 heterocycles. The summed E-state index contributed by atoms with van der Waals surface area (Å²) in [4.78, 5) is 18.7. The van der Waals surface area contributed by atoms with Crippen LogP contribution < -0.4 is 0 Å². The van der Waals surface area contributed by atoms with Gasteiger partial charge in [0.1, 0.15) is 5.60 Å². The van der Waals surface area contributed by atoms with Crippen molar-refractivity contribution in [1.29, 1.82) is 0 Å². The van der Waals surface area contributed by atoms with Gasteiger partial charge in [0.05, 0.1) is 0 Å². The highest BCUT2D eigenvalue weighted by atomic mass is 16.6. The highest BCUT2D eigenvalue weighted by Gasteiger charge is 2.21. The number of carbonyl (C=O) groups is 1. The molecule has 0 radical (unpaired) electrons. The topological polar surface area (TPSA) is 42.4 Å². The van der Waals surface area contributed by atoms with Crippen LogP contribution in [0.15, 0.2) is 54.7 Å². The van der Waals surface area contributed by atoms with Crippen molar-refractivity contribution in [3.05, 3.63) is 66.0 Å². The zero-order chi connectivity index (χ0) is 19.5. The van der Waals surface area contributed by atoms with Gasteiger partial charge in [0.25, 0.3) is 0 Å². The number of hydrogen-bond donors (Lipinski definition) is 0. The Bertz CT molecular complexity index is 666. The van der Waals surface area contributed by atoms with Gasteiger partial charge in [-0.2, -0.15) is 0 Å². The fourth-order valence-corrected chi connectivity index (χ4v) is 2.87. The number of ether oxygens (including phenoxy) is 1. The highest BCUT2D eigenvalue weighted by molar-refractivity contribution is 5.68. The van der Waals surface area contributed by atoms with E-state index in [0.29, 0.717) is 13.1 Å². The fraction of sp³-hybridized carbons (Fsp3) is 0.478. The maximum Gasteiger partial charge on any atom is 0.410 e. The van der Waals surface area contributed by atoms with E-state index in [0.717, 1.165) is 43.4 Å². The van der Waals surface area contributed by atoms with Gasteiger partial charge in [-0.25, -0.2) is 4.79 Å². The van der Waals surface area contributed by atoms with Crippen LogP contribution in [0.5, 0.6) is 0 Å². The molecule has 0 atom stereocenters. The summed E-state index contributed by atoms with van der Waals surface area (Å²) < 4.78 is 5.59. The molecule has 0 spiro atoms. The average molecular weight is 369 g/mol. The van der Waals surface area contributed by atoms with Crippen molar-refractivity contribution in [2.24, 2.45) is 0 Å². The van der Waals surface area contributed by atoms with Crippen molar-refractivity contribution in [1.82, 2.24) is 9.88 Å². The van der Waals surface area contributed by atoms with Crippen LogP contribution in [0.2, 0.25) is 0 Å². The van der Waals surface area contributed by atoms with Crippen molar-refractivity contribution in [3.63, 3.8) is 0 Å². The van der Waals surface area contributed by atoms with E-state index in [4.69, 9.17) is 4.74 Å². The van der Waals surface area contributed by atoms with E-state index in [1.807, 2.05) is 74.3 Å². The van der Waals surface area contributed by atoms with Crippen molar-refractivity contribution < 1.29 is 9.53 Å². The lowest BCUT2D eigenvalue weighted by Crippen LogP contribution is -2.37. The molecule has 0 saturated carbocycles. The van der Waals surface area contributed by atoms with Crippen molar-refractivity contribution in [2.45, 2.75) is 65.0 Å². The molecule has 4 nitrogen and oxygen atoms in total. The van der Waals surface area contributed by atoms with Crippen LogP contribution in [-0.4, -0.2) is 28.1 Å². The van der Waals surface area contributed by atoms with Crippen molar-refractivity contribution in [3.8, 4) is 0 Å². The molecule has 2 rings (SSSR count). The summed E-state index contributed by atoms with van der Waals surface area (Å²) in [6.45, 7) is 7.02. The zero-order valence-electron chi connectivity index (χ0n) is 16.9. The van der Waals surface area contributed by atoms with Gasteiger partial charge >= 0.3 is 6.09 Å². The number of nitrogens with zero attached hydrogens (tertiary/aromatic N) is 2. The Morgan fingerprint density at radius 3 is 2.33 bits per heavy atom. The minimum Gasteiger partial charge on any atom is -0.444 e. The number of rotatable bonds is 9. The lowest BCUT2D eigenvalue weighted by atomic mass is 10.1. The van der Waals surface area contributed by atoms with Crippen LogP contribution in [0.4, 0.5) is 4.79 Å². The monoisotopic (exact) mass is 368 g/mol. The Balaban J connectivity index is 1.78. The highest BCUT2D eigenvalue weighted by Crippen LogP contribution is 2.14. The lowest BCUT2D eigenvalue weighted by Gasteiger charge is -2.27. The van der Waals surface area contributed by atoms with Crippen LogP contribution in [-0.2, 0) is 17.7 Å². The molecule has 2 aromatic rings. The first-order chi connectivity index (χ1) is 12.9. The molecule has 0 fully saturated rings. The summed E-state index contributed by atoms with van der Waals surface area (Å²) in [6, 6.07) is 16.1. The summed E-state index contributed by atoms with van der Waals surface area (Å²) >= 11 is 0. The number of unbranched alkanes of at least 4 members (excludes halogenated alkanes) is 3. The van der Waals surface area contributed by atoms with E-state index >= 15 is 0 Å². The largest absolute Gasteiger partial charge is 0.444 e. The maximum absolute atomic E-state index is 12.6. The predicted molar refractivity (Wildman–Crippen MR) is 109 cm³/mol. The third-order valence-corrected chi connectivity index (χ3v) is 4.21. The van der Waals surface area contributed by atoms with Gasteiger partial charge < -0.3 is 9.64 Å². The quantitative estimate of drug-likeness (QED) is 0.539. The number of aryl methyl sites for hydroxylation is 1. The zero-order valence-corrected chi connectivity index (χ0v) is 16.9. The van der Waals surface area contributed by atoms with Gasteiger partial charge in [0.2, 0.25) is 0 Å². The van der Waals surface area contributed by atoms with E-state index in [9.17, 15) is 4.79 Å². The Kier molecular flexibility index (Phi) is 8.31. The molecule has 0 saturated heterocycles. The summed E-state index contributed by atoms with van der Waals surface area (Å²) in [5.74, 6) is 0. The first-order valence-corrected chi connectivity index (χ1v) is 9.86. The predicted octanol–water partition coefficient (Wildman–Crippen LogP) is 5.62. The number of amides is 1. The van der Waals surface area contributed by atoms with E-state index < -0.39 is 5.60 Å². The van der Waals surface area contributed by atoms with Gasteiger partial charge in [-0.15, -0.1) is 0 Å². The summed E-state index contributed by atoms with van der Waals surface area (Å²) in [7, 11) is 0. The number of aromatic nitrogens is 1. The minimum atomic E-state index is -0.477. The molecule has 0 aliphatic carbocycles. The second kappa shape index (κ2) is 10.7. The van der Waals surface area contributed by atoms with E-state index in [2.05, 4.69) is 11.1 Å². The molecule has 0 bridgehead atoms. The van der Waals surface area contributed by atoms with Crippen LogP contribution in [0.25, 0.3) is 0 Å². The van der Waals surface area contributed by atoms with Gasteiger partial charge in [-0.1, -0.05) is 49.2 Å². The van der Waals surface area contributed by atoms with Crippen LogP contribution in [0.1, 0.15) is 57.7 Å². The number of pyridine rings is 1. The Morgan fingerprint density at radius 1 is 0.963 bits per heavy atom. The standard InChI is InChI=1S/C23H32N2O2/c1-23(2,3)27-22(26)25(19-20-13-7-6-8-14-20)18-12-5-4-9-15-21-16-10-11-17-24-21/h6-8,10-11,13-14,16-17H,4-5,9,12,15,18-19H2,1-3H3. The fourth-order valence-electron chi connectivity index (χ4n) is 2.87. The van der Waals surface area contributed by atoms with Gasteiger partial charge in [-0.3, -0.25) is 4.98 Å². The molecule has 0 aliphatic heterocycles. The minimum absolute atomic E-state index is 0.236. The summed E-state index contributed by atoms with van der Waals surface area (Å²) in [5.41, 5.74) is 1.80. The molecule has 1 amide bonds. The Morgan fingerprint density at radius 2 is 1.67 bits per heavy atom. The first kappa shape index (κ1) is 20.9. The van der Waals surface area contributed by atoms with Crippen molar-refractivity contribution >= 4 is 6.09 Å². The molecule has 27 heavy (non-hydrogen) atoms. The molecule has 1 aromatic heterocycles. The van der Waals surface area contributed by atoms with Crippen LogP contribution in [0.3, 0.4) is 0 Å². The molecule has 0 N–H and O–H groups in total. The Labute approximate surface area is 163 Å². The second-order valence-corrected chi connectivity index (χ2v) is 7.87. The van der Waals surface area contributed by atoms with Crippen LogP contribution in [0, 0.1) is 0 Å². The van der Waals surface area contributed by atoms with E-state index in [1.165, 1.54) is 0 Å². The average Bonchev–Trinajstić information content (AvgIpc) is 2.64. The normalized spacial score (nSPS) is 11.2. The van der Waals surface area contributed by atoms with E-state index in [1.54, 1.807) is 0 Å². The second-order valence-electron chi connectivity index (χ2n) is 7.87. The molecule has 4 heteroatoms. The number of carbonyl (C=O) groups excluding carboxylic acids is 1. The first-order valence-electron chi connectivity index (χ1n) is 9.86. The van der Waals surface area contributed by atoms with Gasteiger partial charge in [0, 0.05) is 25.0 Å². The van der Waals surface area contributed by atoms with Gasteiger partial charge in [-0.05, 0) is 57.7 Å². The number of benzene rings is 1. The van der Waals surface area contributed by atoms with E-state index in [-0.39, 0.29) is 6.09 Å². The van der Waals surface area contributed by atoms with Gasteiger partial charge in [0.15, 0.2) is 0 Å². The molecule has 0 unspecified atom stereocenters. The van der Waals surface area contributed by atoms with Crippen molar-refractivity contribution in [2.75, 3.05) is 6.54 Å². The third-order valence-electron chi connectivity index (χ3n) is 4.21. The molecule has 1 aromatic carbocycles. The SMILES string of the molecule is CC(C)(C)OC(=O)N(CCCCCCc1ccccn1)Cc1ccccc1. The summed E-state index contributed by atoms with van der Waals surface area (Å²) in [5, 5.41) is 0. The third kappa shape index (κ3) is 8.72. The smallest absolute Gasteiger partial charge is 0.410 e. The molecular weight excluding hydrogens is 336 g/mol. The summed E-state index contributed by atoms with van der Waals surface area (Å²) in [6.07, 6.45) is 6.97. The molecule has 146 valence electrons.